The van der Waals surface area contributed by atoms with Gasteiger partial charge in [0.2, 0.25) is 11.8 Å². The van der Waals surface area contributed by atoms with Crippen molar-refractivity contribution in [3.63, 3.8) is 0 Å². The molecule has 0 radical (unpaired) electrons. The molecule has 3 aromatic rings. The lowest BCUT2D eigenvalue weighted by atomic mass is 10.0. The van der Waals surface area contributed by atoms with Gasteiger partial charge in [0.25, 0.3) is 5.89 Å². The van der Waals surface area contributed by atoms with E-state index in [1.54, 1.807) is 6.20 Å². The van der Waals surface area contributed by atoms with Gasteiger partial charge in [0, 0.05) is 44.2 Å². The Labute approximate surface area is 181 Å². The Balaban J connectivity index is 1.33. The fraction of sp³-hybridized carbons (Fsp3) is 0.478. The van der Waals surface area contributed by atoms with Crippen molar-refractivity contribution < 1.29 is 13.9 Å². The molecule has 4 heterocycles. The van der Waals surface area contributed by atoms with Gasteiger partial charge >= 0.3 is 0 Å². The van der Waals surface area contributed by atoms with Gasteiger partial charge in [-0.3, -0.25) is 14.7 Å². The predicted molar refractivity (Wildman–Crippen MR) is 115 cm³/mol. The number of pyridine rings is 1. The minimum Gasteiger partial charge on any atom is -0.417 e. The third-order valence-corrected chi connectivity index (χ3v) is 6.17. The Kier molecular flexibility index (Phi) is 5.90. The third-order valence-electron chi connectivity index (χ3n) is 6.17. The van der Waals surface area contributed by atoms with Crippen LogP contribution in [0.15, 0.2) is 40.9 Å². The highest BCUT2D eigenvalue weighted by Gasteiger charge is 2.32. The zero-order valence-corrected chi connectivity index (χ0v) is 17.6. The van der Waals surface area contributed by atoms with Gasteiger partial charge < -0.3 is 14.1 Å². The van der Waals surface area contributed by atoms with Crippen molar-refractivity contribution >= 4 is 16.7 Å². The van der Waals surface area contributed by atoms with Gasteiger partial charge in [-0.25, -0.2) is 0 Å². The van der Waals surface area contributed by atoms with Crippen LogP contribution in [0.2, 0.25) is 0 Å². The maximum absolute atomic E-state index is 13.0. The van der Waals surface area contributed by atoms with E-state index >= 15 is 0 Å². The van der Waals surface area contributed by atoms with Gasteiger partial charge in [-0.2, -0.15) is 0 Å². The van der Waals surface area contributed by atoms with Gasteiger partial charge in [0.1, 0.15) is 11.7 Å². The quantitative estimate of drug-likeness (QED) is 0.626. The highest BCUT2D eigenvalue weighted by atomic mass is 16.5. The lowest BCUT2D eigenvalue weighted by molar-refractivity contribution is -0.136. The molecule has 0 spiro atoms. The molecule has 1 atom stereocenters. The van der Waals surface area contributed by atoms with Crippen LogP contribution >= 0.6 is 0 Å². The van der Waals surface area contributed by atoms with E-state index < -0.39 is 0 Å². The summed E-state index contributed by atoms with van der Waals surface area (Å²) in [5, 5.41) is 10.7. The van der Waals surface area contributed by atoms with Gasteiger partial charge in [0.15, 0.2) is 0 Å². The lowest BCUT2D eigenvalue weighted by Gasteiger charge is -2.34. The molecule has 5 rings (SSSR count). The number of hydrogen-bond donors (Lipinski definition) is 0. The van der Waals surface area contributed by atoms with Crippen LogP contribution in [0.25, 0.3) is 22.4 Å². The molecular formula is C23H27N5O3. The predicted octanol–water partition coefficient (Wildman–Crippen LogP) is 3.06. The number of rotatable bonds is 5. The summed E-state index contributed by atoms with van der Waals surface area (Å²) >= 11 is 0. The zero-order valence-electron chi connectivity index (χ0n) is 17.6. The van der Waals surface area contributed by atoms with Gasteiger partial charge in [0.05, 0.1) is 13.2 Å². The van der Waals surface area contributed by atoms with Crippen LogP contribution in [0.4, 0.5) is 0 Å². The molecule has 2 aliphatic rings. The maximum atomic E-state index is 13.0. The fourth-order valence-electron chi connectivity index (χ4n) is 4.46. The molecule has 31 heavy (non-hydrogen) atoms. The van der Waals surface area contributed by atoms with Crippen molar-refractivity contribution in [3.8, 4) is 11.6 Å². The molecule has 162 valence electrons. The molecule has 2 aromatic heterocycles. The number of carbonyl (C=O) groups is 1. The normalized spacial score (nSPS) is 20.3. The monoisotopic (exact) mass is 421 g/mol. The molecule has 0 aliphatic carbocycles. The third kappa shape index (κ3) is 4.31. The van der Waals surface area contributed by atoms with Gasteiger partial charge in [-0.15, -0.1) is 10.2 Å². The SMILES string of the molecule is O=C(CCN1CCOCC1)N1CCCC[C@H]1c1nnc(-c2nccc3ccccc23)o1. The first-order chi connectivity index (χ1) is 15.3. The van der Waals surface area contributed by atoms with Crippen LogP contribution in [0.3, 0.4) is 0 Å². The van der Waals surface area contributed by atoms with Crippen molar-refractivity contribution in [2.45, 2.75) is 31.7 Å². The number of aromatic nitrogens is 3. The average Bonchev–Trinajstić information content (AvgIpc) is 3.33. The average molecular weight is 422 g/mol. The van der Waals surface area contributed by atoms with Gasteiger partial charge in [-0.05, 0) is 30.7 Å². The molecule has 8 heteroatoms. The number of benzene rings is 1. The van der Waals surface area contributed by atoms with Crippen LogP contribution in [-0.4, -0.2) is 70.3 Å². The number of likely N-dealkylation sites (tertiary alicyclic amines) is 1. The number of ether oxygens (including phenoxy) is 1. The van der Waals surface area contributed by atoms with E-state index in [9.17, 15) is 4.79 Å². The second-order valence-electron chi connectivity index (χ2n) is 8.13. The van der Waals surface area contributed by atoms with E-state index in [-0.39, 0.29) is 11.9 Å². The number of morpholine rings is 1. The Morgan fingerprint density at radius 3 is 2.84 bits per heavy atom. The van der Waals surface area contributed by atoms with E-state index in [1.807, 2.05) is 35.2 Å². The summed E-state index contributed by atoms with van der Waals surface area (Å²) in [5.41, 5.74) is 0.679. The molecule has 0 bridgehead atoms. The first-order valence-electron chi connectivity index (χ1n) is 11.1. The number of carbonyl (C=O) groups excluding carboxylic acids is 1. The van der Waals surface area contributed by atoms with Crippen LogP contribution in [-0.2, 0) is 9.53 Å². The Morgan fingerprint density at radius 2 is 1.94 bits per heavy atom. The Hall–Kier alpha value is -2.84. The van der Waals surface area contributed by atoms with Crippen LogP contribution in [0.1, 0.15) is 37.6 Å². The molecule has 2 aliphatic heterocycles. The van der Waals surface area contributed by atoms with Crippen LogP contribution < -0.4 is 0 Å². The molecule has 0 N–H and O–H groups in total. The molecule has 0 unspecified atom stereocenters. The zero-order chi connectivity index (χ0) is 21.0. The van der Waals surface area contributed by atoms with E-state index in [4.69, 9.17) is 9.15 Å². The summed E-state index contributed by atoms with van der Waals surface area (Å²) in [6.07, 6.45) is 5.15. The highest BCUT2D eigenvalue weighted by Crippen LogP contribution is 2.33. The molecule has 1 amide bonds. The smallest absolute Gasteiger partial charge is 0.267 e. The molecule has 1 aromatic carbocycles. The summed E-state index contributed by atoms with van der Waals surface area (Å²) < 4.78 is 11.5. The summed E-state index contributed by atoms with van der Waals surface area (Å²) in [5.74, 6) is 1.06. The topological polar surface area (TPSA) is 84.6 Å². The van der Waals surface area contributed by atoms with Gasteiger partial charge in [-0.1, -0.05) is 24.3 Å². The first-order valence-corrected chi connectivity index (χ1v) is 11.1. The Morgan fingerprint density at radius 1 is 1.06 bits per heavy atom. The number of hydrogen-bond acceptors (Lipinski definition) is 7. The minimum atomic E-state index is -0.165. The fourth-order valence-corrected chi connectivity index (χ4v) is 4.46. The number of fused-ring (bicyclic) bond motifs is 1. The molecule has 2 fully saturated rings. The van der Waals surface area contributed by atoms with Crippen molar-refractivity contribution in [3.05, 3.63) is 42.4 Å². The molecule has 0 saturated carbocycles. The van der Waals surface area contributed by atoms with Crippen molar-refractivity contribution in [2.75, 3.05) is 39.4 Å². The summed E-state index contributed by atoms with van der Waals surface area (Å²) in [7, 11) is 0. The number of piperidine rings is 1. The van der Waals surface area contributed by atoms with E-state index in [0.29, 0.717) is 23.9 Å². The summed E-state index contributed by atoms with van der Waals surface area (Å²) in [6, 6.07) is 9.81. The summed E-state index contributed by atoms with van der Waals surface area (Å²) in [6.45, 7) is 4.77. The Bertz CT molecular complexity index is 1040. The second kappa shape index (κ2) is 9.11. The minimum absolute atomic E-state index is 0.152. The number of nitrogens with zero attached hydrogens (tertiary/aromatic N) is 5. The maximum Gasteiger partial charge on any atom is 0.267 e. The van der Waals surface area contributed by atoms with E-state index in [1.165, 1.54) is 0 Å². The van der Waals surface area contributed by atoms with Crippen molar-refractivity contribution in [1.82, 2.24) is 25.0 Å². The van der Waals surface area contributed by atoms with Crippen LogP contribution in [0.5, 0.6) is 0 Å². The van der Waals surface area contributed by atoms with Crippen LogP contribution in [0, 0.1) is 0 Å². The highest BCUT2D eigenvalue weighted by molar-refractivity contribution is 5.92. The molecular weight excluding hydrogens is 394 g/mol. The largest absolute Gasteiger partial charge is 0.417 e. The first kappa shape index (κ1) is 20.1. The number of amides is 1. The van der Waals surface area contributed by atoms with Crippen molar-refractivity contribution in [1.29, 1.82) is 0 Å². The van der Waals surface area contributed by atoms with E-state index in [2.05, 4.69) is 20.1 Å². The molecule has 8 nitrogen and oxygen atoms in total. The lowest BCUT2D eigenvalue weighted by Crippen LogP contribution is -2.42. The summed E-state index contributed by atoms with van der Waals surface area (Å²) in [4.78, 5) is 21.7. The molecule has 2 saturated heterocycles. The van der Waals surface area contributed by atoms with Crippen molar-refractivity contribution in [2.24, 2.45) is 0 Å². The standard InChI is InChI=1S/C23H27N5O3/c29-20(9-12-27-13-15-30-16-14-27)28-11-4-3-7-19(28)22-25-26-23(31-22)21-18-6-2-1-5-17(18)8-10-24-21/h1-2,5-6,8,10,19H,3-4,7,9,11-16H2/t19-/m0/s1. The second-order valence-corrected chi connectivity index (χ2v) is 8.13. The van der Waals surface area contributed by atoms with E-state index in [0.717, 1.165) is 69.4 Å².